The van der Waals surface area contributed by atoms with Crippen LogP contribution in [0.1, 0.15) is 16.5 Å². The molecule has 3 nitrogen and oxygen atoms in total. The summed E-state index contributed by atoms with van der Waals surface area (Å²) in [5.41, 5.74) is 1.07. The average molecular weight is 259 g/mol. The molecule has 1 aliphatic rings. The SMILES string of the molecule is O=C(Cc1cccs1)NC1COc2ccccc21. The zero-order valence-electron chi connectivity index (χ0n) is 9.76. The van der Waals surface area contributed by atoms with Crippen LogP contribution in [0.15, 0.2) is 41.8 Å². The van der Waals surface area contributed by atoms with Crippen LogP contribution in [0.25, 0.3) is 0 Å². The van der Waals surface area contributed by atoms with Gasteiger partial charge >= 0.3 is 0 Å². The molecule has 0 bridgehead atoms. The number of ether oxygens (including phenoxy) is 1. The van der Waals surface area contributed by atoms with E-state index < -0.39 is 0 Å². The molecule has 1 unspecified atom stereocenters. The largest absolute Gasteiger partial charge is 0.491 e. The van der Waals surface area contributed by atoms with Crippen molar-refractivity contribution in [3.8, 4) is 5.75 Å². The predicted octanol–water partition coefficient (Wildman–Crippen LogP) is 2.54. The third kappa shape index (κ3) is 2.24. The normalized spacial score (nSPS) is 17.0. The summed E-state index contributed by atoms with van der Waals surface area (Å²) in [7, 11) is 0. The van der Waals surface area contributed by atoms with E-state index in [4.69, 9.17) is 4.74 Å². The van der Waals surface area contributed by atoms with Gasteiger partial charge in [0.15, 0.2) is 0 Å². The Morgan fingerprint density at radius 3 is 3.06 bits per heavy atom. The summed E-state index contributed by atoms with van der Waals surface area (Å²) in [6.45, 7) is 0.523. The van der Waals surface area contributed by atoms with Gasteiger partial charge in [-0.25, -0.2) is 0 Å². The topological polar surface area (TPSA) is 38.3 Å². The Kier molecular flexibility index (Phi) is 3.02. The van der Waals surface area contributed by atoms with Crippen LogP contribution in [-0.4, -0.2) is 12.5 Å². The third-order valence-electron chi connectivity index (χ3n) is 2.95. The van der Waals surface area contributed by atoms with Crippen LogP contribution in [0.4, 0.5) is 0 Å². The quantitative estimate of drug-likeness (QED) is 0.920. The number of hydrogen-bond donors (Lipinski definition) is 1. The van der Waals surface area contributed by atoms with Gasteiger partial charge in [-0.2, -0.15) is 0 Å². The first-order valence-corrected chi connectivity index (χ1v) is 6.74. The molecular weight excluding hydrogens is 246 g/mol. The Balaban J connectivity index is 1.66. The predicted molar refractivity (Wildman–Crippen MR) is 70.8 cm³/mol. The molecular formula is C14H13NO2S. The molecule has 0 spiro atoms. The lowest BCUT2D eigenvalue weighted by Crippen LogP contribution is -2.30. The van der Waals surface area contributed by atoms with E-state index >= 15 is 0 Å². The van der Waals surface area contributed by atoms with Gasteiger partial charge in [-0.3, -0.25) is 4.79 Å². The molecule has 1 aromatic carbocycles. The van der Waals surface area contributed by atoms with Crippen molar-refractivity contribution >= 4 is 17.2 Å². The number of para-hydroxylation sites is 1. The van der Waals surface area contributed by atoms with Crippen LogP contribution < -0.4 is 10.1 Å². The summed E-state index contributed by atoms with van der Waals surface area (Å²) in [5.74, 6) is 0.918. The molecule has 1 aromatic heterocycles. The molecule has 1 N–H and O–H groups in total. The summed E-state index contributed by atoms with van der Waals surface area (Å²) in [6.07, 6.45) is 0.441. The molecule has 18 heavy (non-hydrogen) atoms. The summed E-state index contributed by atoms with van der Waals surface area (Å²) >= 11 is 1.60. The lowest BCUT2D eigenvalue weighted by atomic mass is 10.1. The van der Waals surface area contributed by atoms with E-state index in [1.54, 1.807) is 11.3 Å². The fraction of sp³-hybridized carbons (Fsp3) is 0.214. The lowest BCUT2D eigenvalue weighted by Gasteiger charge is -2.11. The van der Waals surface area contributed by atoms with Gasteiger partial charge in [0.1, 0.15) is 12.4 Å². The van der Waals surface area contributed by atoms with Gasteiger partial charge < -0.3 is 10.1 Å². The van der Waals surface area contributed by atoms with Crippen molar-refractivity contribution in [1.82, 2.24) is 5.32 Å². The second-order valence-electron chi connectivity index (χ2n) is 4.23. The summed E-state index contributed by atoms with van der Waals surface area (Å²) in [6, 6.07) is 11.7. The van der Waals surface area contributed by atoms with Crippen molar-refractivity contribution in [1.29, 1.82) is 0 Å². The van der Waals surface area contributed by atoms with Crippen molar-refractivity contribution in [2.45, 2.75) is 12.5 Å². The minimum Gasteiger partial charge on any atom is -0.491 e. The number of benzene rings is 1. The first kappa shape index (κ1) is 11.3. The number of hydrogen-bond acceptors (Lipinski definition) is 3. The minimum absolute atomic E-state index is 0.0198. The van der Waals surface area contributed by atoms with Crippen LogP contribution in [-0.2, 0) is 11.2 Å². The van der Waals surface area contributed by atoms with Crippen LogP contribution in [0, 0.1) is 0 Å². The van der Waals surface area contributed by atoms with Crippen molar-refractivity contribution < 1.29 is 9.53 Å². The highest BCUT2D eigenvalue weighted by Gasteiger charge is 2.24. The third-order valence-corrected chi connectivity index (χ3v) is 3.83. The van der Waals surface area contributed by atoms with E-state index in [0.717, 1.165) is 16.2 Å². The average Bonchev–Trinajstić information content (AvgIpc) is 3.00. The summed E-state index contributed by atoms with van der Waals surface area (Å²) in [4.78, 5) is 13.0. The Labute approximate surface area is 109 Å². The second kappa shape index (κ2) is 4.82. The highest BCUT2D eigenvalue weighted by atomic mass is 32.1. The van der Waals surface area contributed by atoms with Crippen molar-refractivity contribution in [3.05, 3.63) is 52.2 Å². The maximum atomic E-state index is 11.9. The molecule has 0 fully saturated rings. The maximum absolute atomic E-state index is 11.9. The highest BCUT2D eigenvalue weighted by molar-refractivity contribution is 7.10. The number of carbonyl (C=O) groups is 1. The van der Waals surface area contributed by atoms with Crippen molar-refractivity contribution in [3.63, 3.8) is 0 Å². The van der Waals surface area contributed by atoms with E-state index in [1.807, 2.05) is 41.8 Å². The Bertz CT molecular complexity index is 551. The maximum Gasteiger partial charge on any atom is 0.225 e. The summed E-state index contributed by atoms with van der Waals surface area (Å²) < 4.78 is 5.54. The first-order valence-electron chi connectivity index (χ1n) is 5.86. The number of carbonyl (C=O) groups excluding carboxylic acids is 1. The monoisotopic (exact) mass is 259 g/mol. The number of rotatable bonds is 3. The fourth-order valence-corrected chi connectivity index (χ4v) is 2.80. The lowest BCUT2D eigenvalue weighted by molar-refractivity contribution is -0.121. The Hall–Kier alpha value is -1.81. The molecule has 1 amide bonds. The molecule has 1 aliphatic heterocycles. The van der Waals surface area contributed by atoms with E-state index in [0.29, 0.717) is 13.0 Å². The zero-order chi connectivity index (χ0) is 12.4. The number of thiophene rings is 1. The first-order chi connectivity index (χ1) is 8.83. The molecule has 0 aliphatic carbocycles. The molecule has 2 heterocycles. The Morgan fingerprint density at radius 2 is 2.22 bits per heavy atom. The molecule has 92 valence electrons. The van der Waals surface area contributed by atoms with E-state index in [9.17, 15) is 4.79 Å². The highest BCUT2D eigenvalue weighted by Crippen LogP contribution is 2.31. The molecule has 0 radical (unpaired) electrons. The van der Waals surface area contributed by atoms with Gasteiger partial charge in [0.2, 0.25) is 5.91 Å². The molecule has 2 aromatic rings. The van der Waals surface area contributed by atoms with Crippen LogP contribution >= 0.6 is 11.3 Å². The van der Waals surface area contributed by atoms with Crippen molar-refractivity contribution in [2.24, 2.45) is 0 Å². The number of amides is 1. The molecule has 4 heteroatoms. The van der Waals surface area contributed by atoms with E-state index in [-0.39, 0.29) is 11.9 Å². The van der Waals surface area contributed by atoms with Gasteiger partial charge in [-0.1, -0.05) is 24.3 Å². The summed E-state index contributed by atoms with van der Waals surface area (Å²) in [5, 5.41) is 5.00. The molecule has 1 atom stereocenters. The van der Waals surface area contributed by atoms with E-state index in [1.165, 1.54) is 0 Å². The van der Waals surface area contributed by atoms with Crippen molar-refractivity contribution in [2.75, 3.05) is 6.61 Å². The zero-order valence-corrected chi connectivity index (χ0v) is 10.6. The van der Waals surface area contributed by atoms with Crippen LogP contribution in [0.5, 0.6) is 5.75 Å². The van der Waals surface area contributed by atoms with Gasteiger partial charge in [0, 0.05) is 10.4 Å². The minimum atomic E-state index is -0.0198. The second-order valence-corrected chi connectivity index (χ2v) is 5.26. The number of nitrogens with one attached hydrogen (secondary N) is 1. The van der Waals surface area contributed by atoms with Crippen LogP contribution in [0.2, 0.25) is 0 Å². The van der Waals surface area contributed by atoms with Gasteiger partial charge in [0.05, 0.1) is 12.5 Å². The molecule has 0 saturated carbocycles. The molecule has 3 rings (SSSR count). The van der Waals surface area contributed by atoms with E-state index in [2.05, 4.69) is 5.32 Å². The Morgan fingerprint density at radius 1 is 1.33 bits per heavy atom. The smallest absolute Gasteiger partial charge is 0.225 e. The van der Waals surface area contributed by atoms with Crippen LogP contribution in [0.3, 0.4) is 0 Å². The molecule has 0 saturated heterocycles. The van der Waals surface area contributed by atoms with Gasteiger partial charge in [0.25, 0.3) is 0 Å². The fourth-order valence-electron chi connectivity index (χ4n) is 2.10. The standard InChI is InChI=1S/C14H13NO2S/c16-14(8-10-4-3-7-18-10)15-12-9-17-13-6-2-1-5-11(12)13/h1-7,12H,8-9H2,(H,15,16). The van der Waals surface area contributed by atoms with Gasteiger partial charge in [-0.05, 0) is 17.5 Å². The number of fused-ring (bicyclic) bond motifs is 1. The van der Waals surface area contributed by atoms with Gasteiger partial charge in [-0.15, -0.1) is 11.3 Å².